The second-order valence-electron chi connectivity index (χ2n) is 6.15. The van der Waals surface area contributed by atoms with E-state index in [0.29, 0.717) is 6.54 Å². The van der Waals surface area contributed by atoms with Crippen molar-refractivity contribution >= 4 is 11.6 Å². The average molecular weight is 275 g/mol. The first-order chi connectivity index (χ1) is 9.45. The molecule has 0 saturated carbocycles. The summed E-state index contributed by atoms with van der Waals surface area (Å²) in [5.41, 5.74) is 7.80. The molecule has 0 radical (unpaired) electrons. The van der Waals surface area contributed by atoms with Crippen molar-refractivity contribution in [1.82, 2.24) is 4.90 Å². The quantitative estimate of drug-likeness (QED) is 0.912. The first kappa shape index (κ1) is 14.9. The zero-order valence-corrected chi connectivity index (χ0v) is 12.7. The first-order valence-corrected chi connectivity index (χ1v) is 7.26. The van der Waals surface area contributed by atoms with Gasteiger partial charge in [0.2, 0.25) is 5.91 Å². The molecule has 0 bridgehead atoms. The zero-order valence-electron chi connectivity index (χ0n) is 12.7. The maximum atomic E-state index is 12.4. The van der Waals surface area contributed by atoms with E-state index < -0.39 is 5.41 Å². The lowest BCUT2D eigenvalue weighted by molar-refractivity contribution is -0.140. The number of hydrogen-bond donors (Lipinski definition) is 1. The summed E-state index contributed by atoms with van der Waals surface area (Å²) in [4.78, 5) is 16.7. The van der Waals surface area contributed by atoms with Crippen molar-refractivity contribution in [3.8, 4) is 0 Å². The Morgan fingerprint density at radius 3 is 2.35 bits per heavy atom. The minimum absolute atomic E-state index is 0.171. The molecule has 4 nitrogen and oxygen atoms in total. The fourth-order valence-corrected chi connectivity index (χ4v) is 2.58. The lowest BCUT2D eigenvalue weighted by Crippen LogP contribution is -2.53. The molecule has 0 atom stereocenters. The molecule has 1 aromatic rings. The Labute approximate surface area is 121 Å². The smallest absolute Gasteiger partial charge is 0.229 e. The lowest BCUT2D eigenvalue weighted by atomic mass is 9.91. The number of piperazine rings is 1. The molecule has 1 heterocycles. The number of rotatable bonds is 3. The minimum Gasteiger partial charge on any atom is -0.368 e. The Hall–Kier alpha value is -1.55. The highest BCUT2D eigenvalue weighted by Crippen LogP contribution is 2.23. The molecule has 1 fully saturated rings. The maximum Gasteiger partial charge on any atom is 0.229 e. The number of carbonyl (C=O) groups excluding carboxylic acids is 1. The highest BCUT2D eigenvalue weighted by molar-refractivity contribution is 5.82. The van der Waals surface area contributed by atoms with E-state index in [1.807, 2.05) is 18.7 Å². The van der Waals surface area contributed by atoms with Crippen molar-refractivity contribution in [3.05, 3.63) is 29.8 Å². The van der Waals surface area contributed by atoms with Crippen LogP contribution < -0.4 is 10.6 Å². The van der Waals surface area contributed by atoms with Crippen molar-refractivity contribution in [2.24, 2.45) is 11.1 Å². The van der Waals surface area contributed by atoms with Crippen LogP contribution >= 0.6 is 0 Å². The lowest BCUT2D eigenvalue weighted by Gasteiger charge is -2.39. The number of nitrogens with zero attached hydrogens (tertiary/aromatic N) is 2. The highest BCUT2D eigenvalue weighted by atomic mass is 16.2. The summed E-state index contributed by atoms with van der Waals surface area (Å²) in [5, 5.41) is 0. The number of carbonyl (C=O) groups is 1. The van der Waals surface area contributed by atoms with Crippen molar-refractivity contribution in [3.63, 3.8) is 0 Å². The van der Waals surface area contributed by atoms with Gasteiger partial charge in [0.15, 0.2) is 0 Å². The van der Waals surface area contributed by atoms with Crippen LogP contribution in [0, 0.1) is 12.3 Å². The van der Waals surface area contributed by atoms with Crippen LogP contribution in [0.1, 0.15) is 19.4 Å². The van der Waals surface area contributed by atoms with Gasteiger partial charge in [-0.2, -0.15) is 0 Å². The molecule has 1 aliphatic rings. The van der Waals surface area contributed by atoms with Gasteiger partial charge in [-0.05, 0) is 32.4 Å². The first-order valence-electron chi connectivity index (χ1n) is 7.26. The molecule has 2 rings (SSSR count). The number of aryl methyl sites for hydroxylation is 1. The summed E-state index contributed by atoms with van der Waals surface area (Å²) < 4.78 is 0. The van der Waals surface area contributed by atoms with Gasteiger partial charge in [0, 0.05) is 38.4 Å². The minimum atomic E-state index is -0.454. The molecule has 1 aliphatic heterocycles. The third-order valence-corrected chi connectivity index (χ3v) is 4.11. The Morgan fingerprint density at radius 1 is 1.20 bits per heavy atom. The second kappa shape index (κ2) is 5.83. The Balaban J connectivity index is 2.00. The average Bonchev–Trinajstić information content (AvgIpc) is 2.47. The van der Waals surface area contributed by atoms with Crippen LogP contribution in [0.4, 0.5) is 5.69 Å². The zero-order chi connectivity index (χ0) is 14.8. The van der Waals surface area contributed by atoms with Crippen LogP contribution in [-0.2, 0) is 4.79 Å². The van der Waals surface area contributed by atoms with Crippen molar-refractivity contribution in [2.75, 3.05) is 37.6 Å². The number of hydrogen-bond acceptors (Lipinski definition) is 3. The van der Waals surface area contributed by atoms with Crippen LogP contribution in [0.5, 0.6) is 0 Å². The summed E-state index contributed by atoms with van der Waals surface area (Å²) in [7, 11) is 0. The van der Waals surface area contributed by atoms with E-state index in [9.17, 15) is 4.79 Å². The summed E-state index contributed by atoms with van der Waals surface area (Å²) in [6.07, 6.45) is 0. The summed E-state index contributed by atoms with van der Waals surface area (Å²) in [6, 6.07) is 8.40. The highest BCUT2D eigenvalue weighted by Gasteiger charge is 2.32. The van der Waals surface area contributed by atoms with Gasteiger partial charge in [0.1, 0.15) is 0 Å². The molecule has 0 aromatic heterocycles. The standard InChI is InChI=1S/C16H25N3O/c1-13-6-4-5-7-14(13)18-8-10-19(11-9-18)15(20)16(2,3)12-17/h4-7H,8-12,17H2,1-3H3. The van der Waals surface area contributed by atoms with Gasteiger partial charge >= 0.3 is 0 Å². The third-order valence-electron chi connectivity index (χ3n) is 4.11. The predicted octanol–water partition coefficient (Wildman–Crippen LogP) is 1.63. The molecule has 1 aromatic carbocycles. The maximum absolute atomic E-state index is 12.4. The van der Waals surface area contributed by atoms with E-state index >= 15 is 0 Å². The molecule has 0 aliphatic carbocycles. The third kappa shape index (κ3) is 2.96. The number of benzene rings is 1. The molecule has 110 valence electrons. The van der Waals surface area contributed by atoms with E-state index in [1.54, 1.807) is 0 Å². The normalized spacial score (nSPS) is 16.4. The summed E-state index contributed by atoms with van der Waals surface area (Å²) in [6.45, 7) is 9.68. The topological polar surface area (TPSA) is 49.6 Å². The van der Waals surface area contributed by atoms with Crippen LogP contribution in [0.3, 0.4) is 0 Å². The van der Waals surface area contributed by atoms with Gasteiger partial charge in [-0.3, -0.25) is 4.79 Å². The fraction of sp³-hybridized carbons (Fsp3) is 0.562. The molecule has 4 heteroatoms. The predicted molar refractivity (Wildman–Crippen MR) is 82.8 cm³/mol. The van der Waals surface area contributed by atoms with E-state index in [-0.39, 0.29) is 5.91 Å². The van der Waals surface area contributed by atoms with Crippen molar-refractivity contribution in [1.29, 1.82) is 0 Å². The molecule has 0 spiro atoms. The van der Waals surface area contributed by atoms with E-state index in [4.69, 9.17) is 5.73 Å². The van der Waals surface area contributed by atoms with Crippen LogP contribution in [0.15, 0.2) is 24.3 Å². The van der Waals surface area contributed by atoms with Gasteiger partial charge in [0.25, 0.3) is 0 Å². The van der Waals surface area contributed by atoms with Gasteiger partial charge in [-0.1, -0.05) is 18.2 Å². The summed E-state index contributed by atoms with van der Waals surface area (Å²) in [5.74, 6) is 0.171. The molecular formula is C16H25N3O. The van der Waals surface area contributed by atoms with E-state index in [2.05, 4.69) is 36.1 Å². The SMILES string of the molecule is Cc1ccccc1N1CCN(C(=O)C(C)(C)CN)CC1. The van der Waals surface area contributed by atoms with Crippen LogP contribution in [0.25, 0.3) is 0 Å². The molecule has 20 heavy (non-hydrogen) atoms. The fourth-order valence-electron chi connectivity index (χ4n) is 2.58. The number of nitrogens with two attached hydrogens (primary N) is 1. The monoisotopic (exact) mass is 275 g/mol. The number of amides is 1. The van der Waals surface area contributed by atoms with Crippen molar-refractivity contribution < 1.29 is 4.79 Å². The Bertz CT molecular complexity index is 476. The van der Waals surface area contributed by atoms with Gasteiger partial charge in [-0.15, -0.1) is 0 Å². The van der Waals surface area contributed by atoms with Crippen LogP contribution in [-0.4, -0.2) is 43.5 Å². The number of para-hydroxylation sites is 1. The molecule has 2 N–H and O–H groups in total. The molecular weight excluding hydrogens is 250 g/mol. The number of anilines is 1. The molecule has 0 unspecified atom stereocenters. The van der Waals surface area contributed by atoms with E-state index in [1.165, 1.54) is 11.3 Å². The molecule has 1 saturated heterocycles. The van der Waals surface area contributed by atoms with Crippen molar-refractivity contribution in [2.45, 2.75) is 20.8 Å². The molecule has 1 amide bonds. The largest absolute Gasteiger partial charge is 0.368 e. The van der Waals surface area contributed by atoms with Gasteiger partial charge in [-0.25, -0.2) is 0 Å². The van der Waals surface area contributed by atoms with Crippen LogP contribution in [0.2, 0.25) is 0 Å². The van der Waals surface area contributed by atoms with Gasteiger partial charge in [0.05, 0.1) is 5.41 Å². The Morgan fingerprint density at radius 2 is 1.80 bits per heavy atom. The Kier molecular flexibility index (Phi) is 4.33. The van der Waals surface area contributed by atoms with E-state index in [0.717, 1.165) is 26.2 Å². The second-order valence-corrected chi connectivity index (χ2v) is 6.15. The summed E-state index contributed by atoms with van der Waals surface area (Å²) >= 11 is 0. The van der Waals surface area contributed by atoms with Gasteiger partial charge < -0.3 is 15.5 Å².